The van der Waals surface area contributed by atoms with Gasteiger partial charge in [-0.25, -0.2) is 0 Å². The summed E-state index contributed by atoms with van der Waals surface area (Å²) < 4.78 is 37.9. The molecule has 0 heterocycles. The lowest BCUT2D eigenvalue weighted by Gasteiger charge is -2.20. The molecule has 0 saturated carbocycles. The minimum Gasteiger partial charge on any atom is -0.389 e. The SMILES string of the molecule is CNCC(O)C(O)c1cc(C(F)(F)F)ccc1Br. The Morgan fingerprint density at radius 1 is 1.33 bits per heavy atom. The first kappa shape index (κ1) is 15.4. The Balaban J connectivity index is 3.08. The van der Waals surface area contributed by atoms with E-state index in [1.165, 1.54) is 6.07 Å². The maximum atomic E-state index is 12.5. The number of aliphatic hydroxyl groups excluding tert-OH is 2. The highest BCUT2D eigenvalue weighted by Gasteiger charge is 2.32. The maximum absolute atomic E-state index is 12.5. The second-order valence-corrected chi connectivity index (χ2v) is 4.66. The highest BCUT2D eigenvalue weighted by molar-refractivity contribution is 9.10. The first-order chi connectivity index (χ1) is 8.27. The van der Waals surface area contributed by atoms with E-state index in [0.29, 0.717) is 4.47 Å². The number of alkyl halides is 3. The third kappa shape index (κ3) is 3.68. The molecule has 2 unspecified atom stereocenters. The van der Waals surface area contributed by atoms with E-state index in [-0.39, 0.29) is 12.1 Å². The van der Waals surface area contributed by atoms with Crippen LogP contribution in [-0.2, 0) is 6.18 Å². The van der Waals surface area contributed by atoms with Gasteiger partial charge in [-0.15, -0.1) is 0 Å². The molecule has 102 valence electrons. The molecule has 1 aromatic rings. The number of benzene rings is 1. The maximum Gasteiger partial charge on any atom is 0.416 e. The fraction of sp³-hybridized carbons (Fsp3) is 0.455. The molecule has 2 atom stereocenters. The van der Waals surface area contributed by atoms with Gasteiger partial charge in [-0.2, -0.15) is 13.2 Å². The lowest BCUT2D eigenvalue weighted by atomic mass is 10.0. The van der Waals surface area contributed by atoms with Gasteiger partial charge in [0.2, 0.25) is 0 Å². The van der Waals surface area contributed by atoms with Crippen molar-refractivity contribution in [1.29, 1.82) is 0 Å². The van der Waals surface area contributed by atoms with Crippen molar-refractivity contribution in [2.24, 2.45) is 0 Å². The Morgan fingerprint density at radius 3 is 2.44 bits per heavy atom. The lowest BCUT2D eigenvalue weighted by molar-refractivity contribution is -0.137. The minimum absolute atomic E-state index is 0.00701. The molecule has 0 aliphatic carbocycles. The van der Waals surface area contributed by atoms with E-state index in [2.05, 4.69) is 21.2 Å². The summed E-state index contributed by atoms with van der Waals surface area (Å²) in [4.78, 5) is 0. The minimum atomic E-state index is -4.48. The first-order valence-electron chi connectivity index (χ1n) is 5.14. The van der Waals surface area contributed by atoms with Gasteiger partial charge >= 0.3 is 6.18 Å². The van der Waals surface area contributed by atoms with Gasteiger partial charge in [0.05, 0.1) is 11.7 Å². The van der Waals surface area contributed by atoms with Gasteiger partial charge in [-0.3, -0.25) is 0 Å². The second-order valence-electron chi connectivity index (χ2n) is 3.80. The van der Waals surface area contributed by atoms with Gasteiger partial charge < -0.3 is 15.5 Å². The highest BCUT2D eigenvalue weighted by Crippen LogP contribution is 2.34. The number of halogens is 4. The monoisotopic (exact) mass is 327 g/mol. The standard InChI is InChI=1S/C11H13BrF3NO2/c1-16-5-9(17)10(18)7-4-6(11(13,14)15)2-3-8(7)12/h2-4,9-10,16-18H,5H2,1H3. The van der Waals surface area contributed by atoms with Gasteiger partial charge in [0.25, 0.3) is 0 Å². The zero-order valence-electron chi connectivity index (χ0n) is 9.50. The number of aliphatic hydroxyl groups is 2. The summed E-state index contributed by atoms with van der Waals surface area (Å²) in [6.07, 6.45) is -7.06. The average Bonchev–Trinajstić information content (AvgIpc) is 2.27. The van der Waals surface area contributed by atoms with Crippen LogP contribution in [0.4, 0.5) is 13.2 Å². The van der Waals surface area contributed by atoms with Crippen LogP contribution in [0.5, 0.6) is 0 Å². The molecule has 0 spiro atoms. The third-order valence-electron chi connectivity index (χ3n) is 2.42. The fourth-order valence-corrected chi connectivity index (χ4v) is 1.96. The van der Waals surface area contributed by atoms with Crippen molar-refractivity contribution in [3.8, 4) is 0 Å². The van der Waals surface area contributed by atoms with Crippen molar-refractivity contribution in [3.63, 3.8) is 0 Å². The van der Waals surface area contributed by atoms with Gasteiger partial charge in [-0.05, 0) is 30.8 Å². The summed E-state index contributed by atoms with van der Waals surface area (Å²) >= 11 is 3.06. The van der Waals surface area contributed by atoms with E-state index in [9.17, 15) is 23.4 Å². The summed E-state index contributed by atoms with van der Waals surface area (Å²) in [7, 11) is 1.57. The van der Waals surface area contributed by atoms with E-state index in [1.54, 1.807) is 7.05 Å². The van der Waals surface area contributed by atoms with Crippen LogP contribution in [0.15, 0.2) is 22.7 Å². The van der Waals surface area contributed by atoms with Crippen LogP contribution in [0.3, 0.4) is 0 Å². The van der Waals surface area contributed by atoms with Crippen LogP contribution in [0.2, 0.25) is 0 Å². The summed E-state index contributed by atoms with van der Waals surface area (Å²) in [6, 6.07) is 2.94. The topological polar surface area (TPSA) is 52.5 Å². The molecular formula is C11H13BrF3NO2. The zero-order valence-corrected chi connectivity index (χ0v) is 11.1. The molecule has 3 nitrogen and oxygen atoms in total. The number of hydrogen-bond acceptors (Lipinski definition) is 3. The molecule has 0 saturated heterocycles. The summed E-state index contributed by atoms with van der Waals surface area (Å²) in [6.45, 7) is 0.0733. The number of rotatable bonds is 4. The van der Waals surface area contributed by atoms with Crippen LogP contribution in [0, 0.1) is 0 Å². The van der Waals surface area contributed by atoms with Crippen LogP contribution >= 0.6 is 15.9 Å². The van der Waals surface area contributed by atoms with Crippen molar-refractivity contribution < 1.29 is 23.4 Å². The van der Waals surface area contributed by atoms with Crippen LogP contribution in [-0.4, -0.2) is 29.9 Å². The number of nitrogens with one attached hydrogen (secondary N) is 1. The van der Waals surface area contributed by atoms with Crippen LogP contribution in [0.1, 0.15) is 17.2 Å². The molecule has 0 fully saturated rings. The molecule has 0 radical (unpaired) electrons. The normalized spacial score (nSPS) is 15.5. The largest absolute Gasteiger partial charge is 0.416 e. The molecule has 3 N–H and O–H groups in total. The predicted molar refractivity (Wildman–Crippen MR) is 64.0 cm³/mol. The molecule has 1 rings (SSSR count). The molecule has 0 aromatic heterocycles. The Labute approximate surface area is 111 Å². The van der Waals surface area contributed by atoms with E-state index >= 15 is 0 Å². The molecule has 0 aliphatic rings. The molecule has 7 heteroatoms. The van der Waals surface area contributed by atoms with E-state index in [1.807, 2.05) is 0 Å². The van der Waals surface area contributed by atoms with Crippen molar-refractivity contribution in [2.75, 3.05) is 13.6 Å². The predicted octanol–water partition coefficient (Wildman–Crippen LogP) is 2.08. The van der Waals surface area contributed by atoms with Crippen molar-refractivity contribution in [1.82, 2.24) is 5.32 Å². The van der Waals surface area contributed by atoms with Crippen molar-refractivity contribution in [3.05, 3.63) is 33.8 Å². The van der Waals surface area contributed by atoms with Crippen LogP contribution < -0.4 is 5.32 Å². The highest BCUT2D eigenvalue weighted by atomic mass is 79.9. The Morgan fingerprint density at radius 2 is 1.94 bits per heavy atom. The first-order valence-corrected chi connectivity index (χ1v) is 5.94. The van der Waals surface area contributed by atoms with Gasteiger partial charge in [0.1, 0.15) is 6.10 Å². The third-order valence-corrected chi connectivity index (χ3v) is 3.14. The molecule has 1 aromatic carbocycles. The average molecular weight is 328 g/mol. The van der Waals surface area contributed by atoms with Gasteiger partial charge in [-0.1, -0.05) is 15.9 Å². The fourth-order valence-electron chi connectivity index (χ4n) is 1.47. The molecule has 0 bridgehead atoms. The van der Waals surface area contributed by atoms with E-state index in [4.69, 9.17) is 0 Å². The molecular weight excluding hydrogens is 315 g/mol. The Kier molecular flexibility index (Phi) is 5.15. The number of hydrogen-bond donors (Lipinski definition) is 3. The summed E-state index contributed by atoms with van der Waals surface area (Å²) in [5.74, 6) is 0. The lowest BCUT2D eigenvalue weighted by Crippen LogP contribution is -2.30. The summed E-state index contributed by atoms with van der Waals surface area (Å²) in [5, 5.41) is 22.0. The Bertz CT molecular complexity index is 412. The molecule has 0 amide bonds. The van der Waals surface area contributed by atoms with Gasteiger partial charge in [0, 0.05) is 11.0 Å². The molecule has 18 heavy (non-hydrogen) atoms. The summed E-state index contributed by atoms with van der Waals surface area (Å²) in [5.41, 5.74) is -0.857. The quantitative estimate of drug-likeness (QED) is 0.793. The Hall–Kier alpha value is -0.630. The van der Waals surface area contributed by atoms with Crippen molar-refractivity contribution in [2.45, 2.75) is 18.4 Å². The van der Waals surface area contributed by atoms with Crippen molar-refractivity contribution >= 4 is 15.9 Å². The number of likely N-dealkylation sites (N-methyl/N-ethyl adjacent to an activating group) is 1. The zero-order chi connectivity index (χ0) is 13.9. The van der Waals surface area contributed by atoms with Gasteiger partial charge in [0.15, 0.2) is 0 Å². The van der Waals surface area contributed by atoms with Crippen LogP contribution in [0.25, 0.3) is 0 Å². The smallest absolute Gasteiger partial charge is 0.389 e. The molecule has 0 aliphatic heterocycles. The second kappa shape index (κ2) is 6.01. The van der Waals surface area contributed by atoms with E-state index in [0.717, 1.165) is 12.1 Å². The van der Waals surface area contributed by atoms with E-state index < -0.39 is 23.9 Å².